The Kier molecular flexibility index (Phi) is 8.12. The van der Waals surface area contributed by atoms with E-state index in [1.165, 1.54) is 7.11 Å². The molecule has 0 aliphatic heterocycles. The van der Waals surface area contributed by atoms with E-state index in [0.29, 0.717) is 35.1 Å². The number of carbonyl (C=O) groups is 2. The Hall–Kier alpha value is -3.50. The Morgan fingerprint density at radius 3 is 2.44 bits per heavy atom. The summed E-state index contributed by atoms with van der Waals surface area (Å²) in [7, 11) is 1.45. The summed E-state index contributed by atoms with van der Waals surface area (Å²) in [5, 5.41) is 12.6. The minimum Gasteiger partial charge on any atom is -0.494 e. The highest BCUT2D eigenvalue weighted by Crippen LogP contribution is 2.22. The summed E-state index contributed by atoms with van der Waals surface area (Å²) in [6.45, 7) is 2.83. The van der Waals surface area contributed by atoms with Gasteiger partial charge in [0.25, 0.3) is 0 Å². The molecule has 3 aromatic rings. The molecule has 32 heavy (non-hydrogen) atoms. The number of nitrogens with zero attached hydrogens (tertiary/aromatic N) is 2. The quantitative estimate of drug-likeness (QED) is 0.403. The van der Waals surface area contributed by atoms with E-state index >= 15 is 0 Å². The Balaban J connectivity index is 1.63. The molecular weight excluding hydrogens is 430 g/mol. The molecule has 2 amide bonds. The molecular formula is C22H25N5O4S. The maximum Gasteiger partial charge on any atom is 0.250 e. The highest BCUT2D eigenvalue weighted by molar-refractivity contribution is 7.71. The third kappa shape index (κ3) is 6.25. The second-order valence-corrected chi connectivity index (χ2v) is 7.21. The maximum atomic E-state index is 12.5. The van der Waals surface area contributed by atoms with Crippen molar-refractivity contribution in [1.82, 2.24) is 14.8 Å². The largest absolute Gasteiger partial charge is 0.494 e. The predicted molar refractivity (Wildman–Crippen MR) is 124 cm³/mol. The molecule has 10 heteroatoms. The van der Waals surface area contributed by atoms with Crippen LogP contribution in [-0.2, 0) is 20.9 Å². The highest BCUT2D eigenvalue weighted by Gasteiger charge is 2.12. The van der Waals surface area contributed by atoms with Crippen LogP contribution in [0.5, 0.6) is 5.75 Å². The van der Waals surface area contributed by atoms with Gasteiger partial charge in [0.15, 0.2) is 10.6 Å². The van der Waals surface area contributed by atoms with Crippen molar-refractivity contribution in [2.24, 2.45) is 0 Å². The smallest absolute Gasteiger partial charge is 0.250 e. The van der Waals surface area contributed by atoms with Gasteiger partial charge in [-0.1, -0.05) is 6.07 Å². The van der Waals surface area contributed by atoms with E-state index in [1.807, 2.05) is 31.2 Å². The summed E-state index contributed by atoms with van der Waals surface area (Å²) in [5.41, 5.74) is 2.01. The molecule has 1 aromatic heterocycles. The van der Waals surface area contributed by atoms with Crippen LogP contribution < -0.4 is 15.4 Å². The number of aromatic amines is 1. The van der Waals surface area contributed by atoms with Gasteiger partial charge in [-0.15, -0.1) is 0 Å². The predicted octanol–water partition coefficient (Wildman–Crippen LogP) is 3.62. The van der Waals surface area contributed by atoms with E-state index in [2.05, 4.69) is 20.8 Å². The van der Waals surface area contributed by atoms with Gasteiger partial charge < -0.3 is 20.1 Å². The van der Waals surface area contributed by atoms with Crippen molar-refractivity contribution in [2.75, 3.05) is 31.0 Å². The van der Waals surface area contributed by atoms with E-state index in [1.54, 1.807) is 28.8 Å². The average Bonchev–Trinajstić information content (AvgIpc) is 3.14. The molecule has 0 saturated heterocycles. The molecule has 0 spiro atoms. The lowest BCUT2D eigenvalue weighted by atomic mass is 10.2. The number of carbonyl (C=O) groups excluding carboxylic acids is 2. The SMILES string of the molecule is CCOc1ccc(-c2n[nH]c(=S)n2CCC(=O)Nc2cccc(NC(=O)COC)c2)cc1. The molecule has 1 heterocycles. The van der Waals surface area contributed by atoms with Crippen molar-refractivity contribution in [3.05, 3.63) is 53.3 Å². The summed E-state index contributed by atoms with van der Waals surface area (Å²) in [5.74, 6) is 0.962. The van der Waals surface area contributed by atoms with Crippen molar-refractivity contribution in [3.63, 3.8) is 0 Å². The number of methoxy groups -OCH3 is 1. The fourth-order valence-electron chi connectivity index (χ4n) is 3.05. The Labute approximate surface area is 190 Å². The third-order valence-electron chi connectivity index (χ3n) is 4.45. The van der Waals surface area contributed by atoms with Crippen LogP contribution in [0.15, 0.2) is 48.5 Å². The number of aromatic nitrogens is 3. The topological polar surface area (TPSA) is 110 Å². The zero-order chi connectivity index (χ0) is 22.9. The van der Waals surface area contributed by atoms with Gasteiger partial charge in [-0.2, -0.15) is 5.10 Å². The lowest BCUT2D eigenvalue weighted by Gasteiger charge is -2.10. The fourth-order valence-corrected chi connectivity index (χ4v) is 3.28. The van der Waals surface area contributed by atoms with Gasteiger partial charge in [0.1, 0.15) is 12.4 Å². The molecule has 0 aliphatic rings. The molecule has 0 bridgehead atoms. The van der Waals surface area contributed by atoms with Crippen molar-refractivity contribution < 1.29 is 19.1 Å². The van der Waals surface area contributed by atoms with Crippen LogP contribution in [0.25, 0.3) is 11.4 Å². The number of ether oxygens (including phenoxy) is 2. The lowest BCUT2D eigenvalue weighted by molar-refractivity contribution is -0.119. The first kappa shape index (κ1) is 23.2. The zero-order valence-corrected chi connectivity index (χ0v) is 18.7. The molecule has 0 radical (unpaired) electrons. The lowest BCUT2D eigenvalue weighted by Crippen LogP contribution is -2.18. The highest BCUT2D eigenvalue weighted by atomic mass is 32.1. The van der Waals surface area contributed by atoms with Crippen LogP contribution in [0.3, 0.4) is 0 Å². The van der Waals surface area contributed by atoms with Gasteiger partial charge >= 0.3 is 0 Å². The van der Waals surface area contributed by atoms with E-state index < -0.39 is 0 Å². The number of rotatable bonds is 10. The first-order valence-corrected chi connectivity index (χ1v) is 10.5. The molecule has 0 saturated carbocycles. The number of nitrogens with one attached hydrogen (secondary N) is 3. The summed E-state index contributed by atoms with van der Waals surface area (Å²) in [4.78, 5) is 24.2. The van der Waals surface area contributed by atoms with E-state index in [4.69, 9.17) is 21.7 Å². The third-order valence-corrected chi connectivity index (χ3v) is 4.76. The van der Waals surface area contributed by atoms with E-state index in [-0.39, 0.29) is 24.8 Å². The molecule has 9 nitrogen and oxygen atoms in total. The minimum atomic E-state index is -0.271. The van der Waals surface area contributed by atoms with Crippen molar-refractivity contribution >= 4 is 35.4 Å². The second-order valence-electron chi connectivity index (χ2n) is 6.82. The Morgan fingerprint density at radius 2 is 1.78 bits per heavy atom. The van der Waals surface area contributed by atoms with Crippen LogP contribution >= 0.6 is 12.2 Å². The Morgan fingerprint density at radius 1 is 1.09 bits per heavy atom. The van der Waals surface area contributed by atoms with Gasteiger partial charge in [-0.05, 0) is 61.6 Å². The second kappa shape index (κ2) is 11.2. The summed E-state index contributed by atoms with van der Waals surface area (Å²) < 4.78 is 12.5. The van der Waals surface area contributed by atoms with Gasteiger partial charge in [-0.25, -0.2) is 0 Å². The van der Waals surface area contributed by atoms with Gasteiger partial charge in [0.05, 0.1) is 6.61 Å². The molecule has 0 aliphatic carbocycles. The Bertz CT molecular complexity index is 1120. The van der Waals surface area contributed by atoms with Crippen LogP contribution in [0, 0.1) is 4.77 Å². The molecule has 0 unspecified atom stereocenters. The maximum absolute atomic E-state index is 12.5. The number of H-pyrrole nitrogens is 1. The van der Waals surface area contributed by atoms with Gasteiger partial charge in [-0.3, -0.25) is 19.3 Å². The molecule has 2 aromatic carbocycles. The number of anilines is 2. The standard InChI is InChI=1S/C22H25N5O4S/c1-3-31-18-9-7-15(8-10-18)21-25-26-22(32)27(21)12-11-19(28)23-16-5-4-6-17(13-16)24-20(29)14-30-2/h4-10,13H,3,11-12,14H2,1-2H3,(H,23,28)(H,24,29)(H,26,32). The zero-order valence-electron chi connectivity index (χ0n) is 17.9. The summed E-state index contributed by atoms with van der Waals surface area (Å²) >= 11 is 5.34. The van der Waals surface area contributed by atoms with Crippen LogP contribution in [0.4, 0.5) is 11.4 Å². The number of hydrogen-bond acceptors (Lipinski definition) is 6. The minimum absolute atomic E-state index is 0.0430. The van der Waals surface area contributed by atoms with Crippen LogP contribution in [0.2, 0.25) is 0 Å². The van der Waals surface area contributed by atoms with Crippen molar-refractivity contribution in [2.45, 2.75) is 19.9 Å². The number of hydrogen-bond donors (Lipinski definition) is 3. The van der Waals surface area contributed by atoms with Crippen molar-refractivity contribution in [1.29, 1.82) is 0 Å². The van der Waals surface area contributed by atoms with E-state index in [9.17, 15) is 9.59 Å². The summed E-state index contributed by atoms with van der Waals surface area (Å²) in [6, 6.07) is 14.4. The van der Waals surface area contributed by atoms with E-state index in [0.717, 1.165) is 11.3 Å². The average molecular weight is 456 g/mol. The first-order chi connectivity index (χ1) is 15.5. The van der Waals surface area contributed by atoms with Gasteiger partial charge in [0.2, 0.25) is 11.8 Å². The summed E-state index contributed by atoms with van der Waals surface area (Å²) in [6.07, 6.45) is 0.193. The first-order valence-electron chi connectivity index (χ1n) is 10.1. The molecule has 3 rings (SSSR count). The monoisotopic (exact) mass is 455 g/mol. The molecule has 0 fully saturated rings. The number of amides is 2. The van der Waals surface area contributed by atoms with Gasteiger partial charge in [0, 0.05) is 37.0 Å². The van der Waals surface area contributed by atoms with Crippen LogP contribution in [0.1, 0.15) is 13.3 Å². The van der Waals surface area contributed by atoms with Crippen molar-refractivity contribution in [3.8, 4) is 17.1 Å². The molecule has 168 valence electrons. The molecule has 0 atom stereocenters. The fraction of sp³-hybridized carbons (Fsp3) is 0.273. The normalized spacial score (nSPS) is 10.6. The van der Waals surface area contributed by atoms with Crippen LogP contribution in [-0.4, -0.2) is 46.9 Å². The number of benzene rings is 2. The molecule has 3 N–H and O–H groups in total.